The number of unbranched alkanes of at least 4 members (excludes halogenated alkanes) is 2. The van der Waals surface area contributed by atoms with Crippen LogP contribution in [0.1, 0.15) is 24.8 Å². The molecular formula is C14H18BrCl2NO. The van der Waals surface area contributed by atoms with Gasteiger partial charge in [0.25, 0.3) is 0 Å². The first-order valence-electron chi connectivity index (χ1n) is 6.28. The summed E-state index contributed by atoms with van der Waals surface area (Å²) in [5.74, 6) is 0.109. The van der Waals surface area contributed by atoms with Crippen molar-refractivity contribution in [1.29, 1.82) is 0 Å². The summed E-state index contributed by atoms with van der Waals surface area (Å²) >= 11 is 15.2. The second kappa shape index (κ2) is 8.83. The van der Waals surface area contributed by atoms with Crippen LogP contribution in [0.2, 0.25) is 10.0 Å². The first kappa shape index (κ1) is 16.8. The molecule has 0 radical (unpaired) electrons. The van der Waals surface area contributed by atoms with E-state index in [1.54, 1.807) is 17.0 Å². The summed E-state index contributed by atoms with van der Waals surface area (Å²) < 4.78 is 0. The number of benzene rings is 1. The number of rotatable bonds is 7. The minimum Gasteiger partial charge on any atom is -0.345 e. The minimum absolute atomic E-state index is 0.109. The Labute approximate surface area is 133 Å². The van der Waals surface area contributed by atoms with Crippen LogP contribution >= 0.6 is 39.1 Å². The molecule has 106 valence electrons. The number of amides is 1. The van der Waals surface area contributed by atoms with Crippen molar-refractivity contribution in [3.8, 4) is 0 Å². The molecule has 0 aromatic heterocycles. The van der Waals surface area contributed by atoms with E-state index in [1.807, 2.05) is 13.1 Å². The Morgan fingerprint density at radius 1 is 1.21 bits per heavy atom. The van der Waals surface area contributed by atoms with E-state index in [0.29, 0.717) is 16.5 Å². The zero-order chi connectivity index (χ0) is 14.3. The molecule has 1 amide bonds. The fourth-order valence-electron chi connectivity index (χ4n) is 1.70. The highest BCUT2D eigenvalue weighted by atomic mass is 79.9. The summed E-state index contributed by atoms with van der Waals surface area (Å²) in [6, 6.07) is 5.31. The van der Waals surface area contributed by atoms with Gasteiger partial charge in [0, 0.05) is 18.9 Å². The molecule has 19 heavy (non-hydrogen) atoms. The molecule has 2 nitrogen and oxygen atoms in total. The Kier molecular flexibility index (Phi) is 7.81. The molecule has 0 N–H and O–H groups in total. The van der Waals surface area contributed by atoms with Crippen LogP contribution in [0.4, 0.5) is 0 Å². The molecule has 0 atom stereocenters. The molecule has 0 unspecified atom stereocenters. The summed E-state index contributed by atoms with van der Waals surface area (Å²) in [6.07, 6.45) is 3.69. The van der Waals surface area contributed by atoms with Crippen molar-refractivity contribution in [2.75, 3.05) is 18.9 Å². The molecule has 1 aromatic rings. The van der Waals surface area contributed by atoms with E-state index in [2.05, 4.69) is 15.9 Å². The number of nitrogens with zero attached hydrogens (tertiary/aromatic N) is 1. The largest absolute Gasteiger partial charge is 0.345 e. The average molecular weight is 367 g/mol. The number of halogens is 3. The SMILES string of the molecule is CN(CCCCCBr)C(=O)Cc1ccc(Cl)c(Cl)c1. The van der Waals surface area contributed by atoms with E-state index >= 15 is 0 Å². The van der Waals surface area contributed by atoms with Crippen LogP contribution in [0.3, 0.4) is 0 Å². The summed E-state index contributed by atoms with van der Waals surface area (Å²) in [5.41, 5.74) is 0.895. The Hall–Kier alpha value is -0.250. The molecule has 0 fully saturated rings. The van der Waals surface area contributed by atoms with E-state index in [-0.39, 0.29) is 5.91 Å². The van der Waals surface area contributed by atoms with Gasteiger partial charge in [0.2, 0.25) is 5.91 Å². The van der Waals surface area contributed by atoms with Crippen molar-refractivity contribution in [2.24, 2.45) is 0 Å². The predicted molar refractivity (Wildman–Crippen MR) is 85.4 cm³/mol. The van der Waals surface area contributed by atoms with Gasteiger partial charge in [-0.3, -0.25) is 4.79 Å². The topological polar surface area (TPSA) is 20.3 Å². The van der Waals surface area contributed by atoms with Gasteiger partial charge in [0.15, 0.2) is 0 Å². The van der Waals surface area contributed by atoms with Crippen LogP contribution in [0.15, 0.2) is 18.2 Å². The van der Waals surface area contributed by atoms with Crippen LogP contribution in [0.25, 0.3) is 0 Å². The van der Waals surface area contributed by atoms with Gasteiger partial charge in [-0.25, -0.2) is 0 Å². The van der Waals surface area contributed by atoms with Crippen LogP contribution in [0.5, 0.6) is 0 Å². The van der Waals surface area contributed by atoms with Crippen LogP contribution in [-0.2, 0) is 11.2 Å². The highest BCUT2D eigenvalue weighted by Gasteiger charge is 2.10. The lowest BCUT2D eigenvalue weighted by Crippen LogP contribution is -2.29. The van der Waals surface area contributed by atoms with Gasteiger partial charge in [-0.15, -0.1) is 0 Å². The van der Waals surface area contributed by atoms with Gasteiger partial charge in [0.05, 0.1) is 16.5 Å². The highest BCUT2D eigenvalue weighted by Crippen LogP contribution is 2.22. The van der Waals surface area contributed by atoms with Crippen molar-refractivity contribution in [3.63, 3.8) is 0 Å². The molecule has 0 aliphatic rings. The van der Waals surface area contributed by atoms with Crippen molar-refractivity contribution in [3.05, 3.63) is 33.8 Å². The quantitative estimate of drug-likeness (QED) is 0.511. The number of likely N-dealkylation sites (N-methyl/N-ethyl adjacent to an activating group) is 1. The molecule has 1 aromatic carbocycles. The van der Waals surface area contributed by atoms with Crippen molar-refractivity contribution < 1.29 is 4.79 Å². The maximum Gasteiger partial charge on any atom is 0.226 e. The van der Waals surface area contributed by atoms with E-state index in [9.17, 15) is 4.79 Å². The summed E-state index contributed by atoms with van der Waals surface area (Å²) in [5, 5.41) is 2.03. The average Bonchev–Trinajstić information content (AvgIpc) is 2.38. The molecule has 0 spiro atoms. The van der Waals surface area contributed by atoms with E-state index in [1.165, 1.54) is 0 Å². The standard InChI is InChI=1S/C14H18BrCl2NO/c1-18(8-4-2-3-7-15)14(19)10-11-5-6-12(16)13(17)9-11/h5-6,9H,2-4,7-8,10H2,1H3. The molecule has 5 heteroatoms. The van der Waals surface area contributed by atoms with E-state index < -0.39 is 0 Å². The molecule has 0 aliphatic heterocycles. The second-order valence-electron chi connectivity index (χ2n) is 4.49. The van der Waals surface area contributed by atoms with E-state index in [4.69, 9.17) is 23.2 Å². The molecule has 0 saturated heterocycles. The Balaban J connectivity index is 2.42. The first-order chi connectivity index (χ1) is 9.04. The summed E-state index contributed by atoms with van der Waals surface area (Å²) in [7, 11) is 1.84. The number of hydrogen-bond acceptors (Lipinski definition) is 1. The third kappa shape index (κ3) is 6.15. The molecule has 0 bridgehead atoms. The fraction of sp³-hybridized carbons (Fsp3) is 0.500. The summed E-state index contributed by atoms with van der Waals surface area (Å²) in [6.45, 7) is 0.799. The number of carbonyl (C=O) groups is 1. The van der Waals surface area contributed by atoms with Crippen LogP contribution in [-0.4, -0.2) is 29.7 Å². The third-order valence-electron chi connectivity index (χ3n) is 2.89. The predicted octanol–water partition coefficient (Wildman–Crippen LogP) is 4.56. The Bertz CT molecular complexity index is 426. The van der Waals surface area contributed by atoms with E-state index in [0.717, 1.165) is 36.7 Å². The fourth-order valence-corrected chi connectivity index (χ4v) is 2.42. The highest BCUT2D eigenvalue weighted by molar-refractivity contribution is 9.09. The monoisotopic (exact) mass is 365 g/mol. The van der Waals surface area contributed by atoms with Crippen molar-refractivity contribution in [2.45, 2.75) is 25.7 Å². The van der Waals surface area contributed by atoms with Crippen molar-refractivity contribution >= 4 is 45.0 Å². The maximum atomic E-state index is 12.0. The molecular weight excluding hydrogens is 349 g/mol. The third-order valence-corrected chi connectivity index (χ3v) is 4.19. The minimum atomic E-state index is 0.109. The Morgan fingerprint density at radius 2 is 1.95 bits per heavy atom. The Morgan fingerprint density at radius 3 is 2.58 bits per heavy atom. The van der Waals surface area contributed by atoms with Gasteiger partial charge >= 0.3 is 0 Å². The van der Waals surface area contributed by atoms with Crippen molar-refractivity contribution in [1.82, 2.24) is 4.90 Å². The number of alkyl halides is 1. The maximum absolute atomic E-state index is 12.0. The van der Waals surface area contributed by atoms with Crippen LogP contribution in [0, 0.1) is 0 Å². The summed E-state index contributed by atoms with van der Waals surface area (Å²) in [4.78, 5) is 13.8. The molecule has 0 heterocycles. The number of hydrogen-bond donors (Lipinski definition) is 0. The first-order valence-corrected chi connectivity index (χ1v) is 8.16. The smallest absolute Gasteiger partial charge is 0.226 e. The molecule has 0 saturated carbocycles. The zero-order valence-electron chi connectivity index (χ0n) is 11.0. The number of carbonyl (C=O) groups excluding carboxylic acids is 1. The van der Waals surface area contributed by atoms with Crippen LogP contribution < -0.4 is 0 Å². The van der Waals surface area contributed by atoms with Gasteiger partial charge in [-0.1, -0.05) is 51.6 Å². The van der Waals surface area contributed by atoms with Gasteiger partial charge in [-0.2, -0.15) is 0 Å². The lowest BCUT2D eigenvalue weighted by molar-refractivity contribution is -0.129. The molecule has 0 aliphatic carbocycles. The molecule has 1 rings (SSSR count). The zero-order valence-corrected chi connectivity index (χ0v) is 14.1. The normalized spacial score (nSPS) is 10.5. The lowest BCUT2D eigenvalue weighted by Gasteiger charge is -2.17. The lowest BCUT2D eigenvalue weighted by atomic mass is 10.1. The van der Waals surface area contributed by atoms with Gasteiger partial charge < -0.3 is 4.90 Å². The van der Waals surface area contributed by atoms with Gasteiger partial charge in [-0.05, 0) is 30.5 Å². The van der Waals surface area contributed by atoms with Gasteiger partial charge in [0.1, 0.15) is 0 Å². The second-order valence-corrected chi connectivity index (χ2v) is 6.10.